The Morgan fingerprint density at radius 3 is 1.53 bits per heavy atom. The maximum Gasteiger partial charge on any atom is 0.0579 e. The van der Waals surface area contributed by atoms with Crippen LogP contribution in [0.2, 0.25) is 39.3 Å². The number of hydrogen-bond acceptors (Lipinski definition) is 1. The highest BCUT2D eigenvalue weighted by Crippen LogP contribution is 2.58. The van der Waals surface area contributed by atoms with Crippen molar-refractivity contribution in [2.45, 2.75) is 43.9 Å². The third kappa shape index (κ3) is 5.88. The van der Waals surface area contributed by atoms with Gasteiger partial charge in [0.1, 0.15) is 0 Å². The van der Waals surface area contributed by atoms with Gasteiger partial charge in [-0.2, -0.15) is 0 Å². The molecular formula is C55H50N2Si2. The monoisotopic (exact) mass is 794 g/mol. The lowest BCUT2D eigenvalue weighted by molar-refractivity contribution is 0.951. The molecule has 4 heteroatoms. The molecule has 10 rings (SSSR count). The van der Waals surface area contributed by atoms with Crippen molar-refractivity contribution in [1.29, 1.82) is 0 Å². The Hall–Kier alpha value is -6.21. The van der Waals surface area contributed by atoms with Gasteiger partial charge in [0.15, 0.2) is 0 Å². The maximum atomic E-state index is 2.60. The molecule has 0 spiro atoms. The first-order valence-electron chi connectivity index (χ1n) is 20.9. The van der Waals surface area contributed by atoms with Crippen molar-refractivity contribution in [2.75, 3.05) is 4.90 Å². The molecule has 2 nitrogen and oxygen atoms in total. The van der Waals surface area contributed by atoms with Gasteiger partial charge in [-0.25, -0.2) is 0 Å². The molecule has 288 valence electrons. The van der Waals surface area contributed by atoms with E-state index in [0.29, 0.717) is 0 Å². The molecule has 9 aromatic rings. The average Bonchev–Trinajstić information content (AvgIpc) is 3.75. The summed E-state index contributed by atoms with van der Waals surface area (Å²) in [6.07, 6.45) is 0. The fourth-order valence-corrected chi connectivity index (χ4v) is 23.9. The Morgan fingerprint density at radius 2 is 0.864 bits per heavy atom. The minimum atomic E-state index is -1.83. The smallest absolute Gasteiger partial charge is 0.0579 e. The molecule has 0 fully saturated rings. The van der Waals surface area contributed by atoms with Crippen molar-refractivity contribution in [3.8, 4) is 39.1 Å². The van der Waals surface area contributed by atoms with Gasteiger partial charge in [-0.3, -0.25) is 0 Å². The number of anilines is 3. The van der Waals surface area contributed by atoms with E-state index in [1.54, 1.807) is 5.56 Å². The quantitative estimate of drug-likeness (QED) is 0.139. The normalized spacial score (nSPS) is 13.4. The van der Waals surface area contributed by atoms with Crippen LogP contribution in [-0.2, 0) is 4.66 Å². The predicted molar refractivity (Wildman–Crippen MR) is 259 cm³/mol. The van der Waals surface area contributed by atoms with Gasteiger partial charge in [0.2, 0.25) is 0 Å². The summed E-state index contributed by atoms with van der Waals surface area (Å²) in [5, 5.41) is 2.53. The summed E-state index contributed by atoms with van der Waals surface area (Å²) in [7, 11) is -3.66. The molecule has 1 aliphatic rings. The zero-order chi connectivity index (χ0) is 40.5. The third-order valence-corrected chi connectivity index (χ3v) is 23.0. The lowest BCUT2D eigenvalue weighted by atomic mass is 10.0. The number of rotatable bonds is 8. The second-order valence-corrected chi connectivity index (χ2v) is 29.2. The molecule has 0 saturated carbocycles. The number of fused-ring (bicyclic) bond motifs is 6. The van der Waals surface area contributed by atoms with Gasteiger partial charge in [-0.15, -0.1) is 0 Å². The van der Waals surface area contributed by atoms with Crippen molar-refractivity contribution >= 4 is 55.0 Å². The molecule has 0 amide bonds. The zero-order valence-electron chi connectivity index (χ0n) is 34.9. The van der Waals surface area contributed by atoms with Crippen LogP contribution in [0.25, 0.3) is 60.9 Å². The fourth-order valence-electron chi connectivity index (χ4n) is 10.8. The van der Waals surface area contributed by atoms with Gasteiger partial charge in [0.25, 0.3) is 0 Å². The lowest BCUT2D eigenvalue weighted by Gasteiger charge is -2.51. The number of para-hydroxylation sites is 2. The van der Waals surface area contributed by atoms with Crippen molar-refractivity contribution in [3.63, 3.8) is 0 Å². The summed E-state index contributed by atoms with van der Waals surface area (Å²) in [5.74, 6) is 0. The number of benzene rings is 8. The minimum absolute atomic E-state index is 0.0664. The van der Waals surface area contributed by atoms with E-state index in [-0.39, 0.29) is 4.66 Å². The van der Waals surface area contributed by atoms with E-state index >= 15 is 0 Å². The molecule has 1 heterocycles. The number of aromatic nitrogens is 1. The van der Waals surface area contributed by atoms with Crippen LogP contribution in [-0.4, -0.2) is 20.7 Å². The molecule has 59 heavy (non-hydrogen) atoms. The first-order chi connectivity index (χ1) is 28.5. The van der Waals surface area contributed by atoms with E-state index in [9.17, 15) is 0 Å². The van der Waals surface area contributed by atoms with Crippen LogP contribution >= 0.6 is 0 Å². The molecule has 1 aliphatic carbocycles. The zero-order valence-corrected chi connectivity index (χ0v) is 36.9. The number of hydrogen-bond donors (Lipinski definition) is 0. The maximum absolute atomic E-state index is 2.60. The fraction of sp³-hybridized carbons (Fsp3) is 0.127. The van der Waals surface area contributed by atoms with Crippen LogP contribution in [0.4, 0.5) is 17.1 Å². The Morgan fingerprint density at radius 1 is 0.373 bits per heavy atom. The van der Waals surface area contributed by atoms with Crippen LogP contribution in [0.3, 0.4) is 0 Å². The summed E-state index contributed by atoms with van der Waals surface area (Å²) in [5.41, 5.74) is 17.9. The predicted octanol–water partition coefficient (Wildman–Crippen LogP) is 15.6. The molecule has 8 aromatic carbocycles. The van der Waals surface area contributed by atoms with E-state index in [0.717, 1.165) is 11.4 Å². The SMILES string of the molecule is C[Si](C)(C)C1([Si](C)(C)C)c2ccccc2-c2ccc(N(c3ccc(-c4ccccc4)cc3)c3ccc(-c4ccc5c(c4)c4ccccc4n5-c4ccccc4)cc3)cc21. The molecule has 0 atom stereocenters. The number of nitrogens with zero attached hydrogens (tertiary/aromatic N) is 2. The molecule has 0 radical (unpaired) electrons. The third-order valence-electron chi connectivity index (χ3n) is 12.9. The first kappa shape index (κ1) is 37.1. The van der Waals surface area contributed by atoms with Gasteiger partial charge in [-0.1, -0.05) is 167 Å². The van der Waals surface area contributed by atoms with Crippen LogP contribution in [0, 0.1) is 0 Å². The van der Waals surface area contributed by atoms with Gasteiger partial charge in [0, 0.05) is 38.2 Å². The Labute approximate surface area is 351 Å². The molecule has 0 N–H and O–H groups in total. The molecule has 0 saturated heterocycles. The highest BCUT2D eigenvalue weighted by atomic mass is 28.4. The van der Waals surface area contributed by atoms with Crippen LogP contribution in [0.5, 0.6) is 0 Å². The van der Waals surface area contributed by atoms with Crippen LogP contribution in [0.15, 0.2) is 194 Å². The van der Waals surface area contributed by atoms with Crippen LogP contribution in [0.1, 0.15) is 11.1 Å². The Bertz CT molecular complexity index is 2970. The summed E-state index contributed by atoms with van der Waals surface area (Å²) >= 11 is 0. The lowest BCUT2D eigenvalue weighted by Crippen LogP contribution is -2.63. The van der Waals surface area contributed by atoms with Crippen molar-refractivity contribution in [2.24, 2.45) is 0 Å². The van der Waals surface area contributed by atoms with Gasteiger partial charge < -0.3 is 9.47 Å². The minimum Gasteiger partial charge on any atom is -0.310 e. The summed E-state index contributed by atoms with van der Waals surface area (Å²) in [6, 6.07) is 72.1. The topological polar surface area (TPSA) is 8.17 Å². The van der Waals surface area contributed by atoms with E-state index < -0.39 is 16.1 Å². The highest BCUT2D eigenvalue weighted by Gasteiger charge is 2.59. The van der Waals surface area contributed by atoms with Gasteiger partial charge >= 0.3 is 0 Å². The average molecular weight is 795 g/mol. The molecule has 0 aliphatic heterocycles. The van der Waals surface area contributed by atoms with Crippen molar-refractivity contribution in [3.05, 3.63) is 205 Å². The largest absolute Gasteiger partial charge is 0.310 e. The summed E-state index contributed by atoms with van der Waals surface area (Å²) in [6.45, 7) is 15.6. The van der Waals surface area contributed by atoms with E-state index in [1.807, 2.05) is 0 Å². The first-order valence-corrected chi connectivity index (χ1v) is 27.9. The molecular weight excluding hydrogens is 745 g/mol. The van der Waals surface area contributed by atoms with E-state index in [2.05, 4.69) is 243 Å². The van der Waals surface area contributed by atoms with Gasteiger partial charge in [0.05, 0.1) is 27.2 Å². The van der Waals surface area contributed by atoms with Gasteiger partial charge in [-0.05, 0) is 111 Å². The summed E-state index contributed by atoms with van der Waals surface area (Å²) < 4.78 is 2.45. The highest BCUT2D eigenvalue weighted by molar-refractivity contribution is 6.99. The summed E-state index contributed by atoms with van der Waals surface area (Å²) in [4.78, 5) is 2.47. The molecule has 0 bridgehead atoms. The second kappa shape index (κ2) is 14.0. The van der Waals surface area contributed by atoms with Crippen LogP contribution < -0.4 is 4.90 Å². The standard InChI is InChI=1S/C55H50N2Si2/c1-58(2,3)55(59(4,5)6)51-23-15-13-21-47(51)48-35-34-46(38-52(48)55)56(44-30-25-40(26-31-44)39-17-9-7-10-18-39)45-32-27-41(28-33-45)42-29-36-54-50(37-42)49-22-14-16-24-53(49)57(54)43-19-11-8-12-20-43/h7-38H,1-6H3. The van der Waals surface area contributed by atoms with Crippen molar-refractivity contribution < 1.29 is 0 Å². The second-order valence-electron chi connectivity index (χ2n) is 18.2. The Kier molecular flexibility index (Phi) is 8.78. The van der Waals surface area contributed by atoms with E-state index in [1.165, 1.54) is 72.1 Å². The van der Waals surface area contributed by atoms with Crippen molar-refractivity contribution in [1.82, 2.24) is 4.57 Å². The molecule has 0 unspecified atom stereocenters. The molecule has 1 aromatic heterocycles. The Balaban J connectivity index is 1.11. The van der Waals surface area contributed by atoms with E-state index in [4.69, 9.17) is 0 Å².